The van der Waals surface area contributed by atoms with E-state index in [1.807, 2.05) is 0 Å². The predicted octanol–water partition coefficient (Wildman–Crippen LogP) is 1.63. The highest BCUT2D eigenvalue weighted by atomic mass is 16.4. The molecule has 2 aliphatic rings. The van der Waals surface area contributed by atoms with Crippen LogP contribution in [0, 0.1) is 11.3 Å². The van der Waals surface area contributed by atoms with E-state index in [1.165, 1.54) is 12.8 Å². The van der Waals surface area contributed by atoms with E-state index in [2.05, 4.69) is 5.32 Å². The number of aliphatic carboxylic acids is 1. The van der Waals surface area contributed by atoms with Gasteiger partial charge in [0.25, 0.3) is 0 Å². The smallest absolute Gasteiger partial charge is 0.306 e. The third-order valence-electron chi connectivity index (χ3n) is 4.06. The number of carboxylic acids is 1. The van der Waals surface area contributed by atoms with Crippen molar-refractivity contribution >= 4 is 5.97 Å². The molecule has 0 unspecified atom stereocenters. The molecule has 0 radical (unpaired) electrons. The van der Waals surface area contributed by atoms with Crippen LogP contribution in [0.3, 0.4) is 0 Å². The van der Waals surface area contributed by atoms with Crippen molar-refractivity contribution in [2.24, 2.45) is 11.3 Å². The molecule has 2 rings (SSSR count). The van der Waals surface area contributed by atoms with Crippen LogP contribution in [-0.4, -0.2) is 24.2 Å². The van der Waals surface area contributed by atoms with E-state index in [1.54, 1.807) is 0 Å². The first-order valence-corrected chi connectivity index (χ1v) is 5.65. The second kappa shape index (κ2) is 3.89. The summed E-state index contributed by atoms with van der Waals surface area (Å²) in [5.74, 6) is -0.649. The number of piperidine rings is 1. The van der Waals surface area contributed by atoms with Crippen LogP contribution in [0.2, 0.25) is 0 Å². The standard InChI is InChI=1S/C11H19NO2/c13-10(14)9-1-3-11(4-2-9)5-7-12-8-6-11/h9,12H,1-8H2,(H,13,14). The molecule has 2 fully saturated rings. The lowest BCUT2D eigenvalue weighted by molar-refractivity contribution is -0.143. The molecule has 0 bridgehead atoms. The maximum Gasteiger partial charge on any atom is 0.306 e. The minimum atomic E-state index is -0.589. The van der Waals surface area contributed by atoms with Gasteiger partial charge in [0.2, 0.25) is 0 Å². The third kappa shape index (κ3) is 1.92. The normalized spacial score (nSPS) is 27.7. The molecule has 0 aromatic rings. The van der Waals surface area contributed by atoms with Crippen LogP contribution >= 0.6 is 0 Å². The molecular weight excluding hydrogens is 178 g/mol. The van der Waals surface area contributed by atoms with Gasteiger partial charge >= 0.3 is 5.97 Å². The highest BCUT2D eigenvalue weighted by Crippen LogP contribution is 2.44. The van der Waals surface area contributed by atoms with E-state index in [9.17, 15) is 4.79 Å². The Morgan fingerprint density at radius 1 is 1.14 bits per heavy atom. The highest BCUT2D eigenvalue weighted by Gasteiger charge is 2.37. The fourth-order valence-corrected chi connectivity index (χ4v) is 2.93. The lowest BCUT2D eigenvalue weighted by Crippen LogP contribution is -2.40. The minimum absolute atomic E-state index is 0.0597. The van der Waals surface area contributed by atoms with Crippen molar-refractivity contribution in [2.45, 2.75) is 38.5 Å². The number of nitrogens with one attached hydrogen (secondary N) is 1. The Morgan fingerprint density at radius 2 is 1.71 bits per heavy atom. The zero-order valence-electron chi connectivity index (χ0n) is 8.59. The van der Waals surface area contributed by atoms with Crippen LogP contribution in [0.25, 0.3) is 0 Å². The van der Waals surface area contributed by atoms with Crippen molar-refractivity contribution in [1.29, 1.82) is 0 Å². The SMILES string of the molecule is O=C(O)C1CCC2(CCNCC2)CC1. The summed E-state index contributed by atoms with van der Waals surface area (Å²) in [5, 5.41) is 12.3. The van der Waals surface area contributed by atoms with E-state index >= 15 is 0 Å². The zero-order chi connectivity index (χ0) is 10.0. The van der Waals surface area contributed by atoms with E-state index in [0.717, 1.165) is 38.8 Å². The van der Waals surface area contributed by atoms with Gasteiger partial charge in [-0.05, 0) is 57.0 Å². The van der Waals surface area contributed by atoms with Gasteiger partial charge < -0.3 is 10.4 Å². The van der Waals surface area contributed by atoms with Gasteiger partial charge in [0.1, 0.15) is 0 Å². The maximum absolute atomic E-state index is 10.8. The quantitative estimate of drug-likeness (QED) is 0.671. The molecule has 1 spiro atoms. The molecule has 1 saturated carbocycles. The Labute approximate surface area is 84.9 Å². The zero-order valence-corrected chi connectivity index (χ0v) is 8.59. The van der Waals surface area contributed by atoms with Gasteiger partial charge in [0.05, 0.1) is 5.92 Å². The Kier molecular flexibility index (Phi) is 2.77. The summed E-state index contributed by atoms with van der Waals surface area (Å²) >= 11 is 0. The molecule has 3 nitrogen and oxygen atoms in total. The molecule has 1 aliphatic carbocycles. The van der Waals surface area contributed by atoms with Crippen molar-refractivity contribution in [3.8, 4) is 0 Å². The number of carbonyl (C=O) groups is 1. The fourth-order valence-electron chi connectivity index (χ4n) is 2.93. The molecule has 3 heteroatoms. The van der Waals surface area contributed by atoms with Crippen LogP contribution in [0.4, 0.5) is 0 Å². The van der Waals surface area contributed by atoms with Gasteiger partial charge in [0.15, 0.2) is 0 Å². The molecular formula is C11H19NO2. The molecule has 0 aromatic carbocycles. The molecule has 14 heavy (non-hydrogen) atoms. The summed E-state index contributed by atoms with van der Waals surface area (Å²) < 4.78 is 0. The predicted molar refractivity (Wildman–Crippen MR) is 54.1 cm³/mol. The third-order valence-corrected chi connectivity index (χ3v) is 4.06. The maximum atomic E-state index is 10.8. The van der Waals surface area contributed by atoms with E-state index in [4.69, 9.17) is 5.11 Å². The summed E-state index contributed by atoms with van der Waals surface area (Å²) in [4.78, 5) is 10.8. The fraction of sp³-hybridized carbons (Fsp3) is 0.909. The molecule has 1 saturated heterocycles. The first kappa shape index (κ1) is 9.97. The largest absolute Gasteiger partial charge is 0.481 e. The van der Waals surface area contributed by atoms with Gasteiger partial charge in [-0.3, -0.25) is 4.79 Å². The average Bonchev–Trinajstić information content (AvgIpc) is 2.19. The van der Waals surface area contributed by atoms with Crippen molar-refractivity contribution in [3.05, 3.63) is 0 Å². The molecule has 0 amide bonds. The van der Waals surface area contributed by atoms with Crippen molar-refractivity contribution in [3.63, 3.8) is 0 Å². The van der Waals surface area contributed by atoms with Gasteiger partial charge in [-0.15, -0.1) is 0 Å². The van der Waals surface area contributed by atoms with Crippen LogP contribution in [0.15, 0.2) is 0 Å². The Morgan fingerprint density at radius 3 is 2.21 bits per heavy atom. The van der Waals surface area contributed by atoms with Gasteiger partial charge in [-0.2, -0.15) is 0 Å². The van der Waals surface area contributed by atoms with Crippen LogP contribution < -0.4 is 5.32 Å². The molecule has 80 valence electrons. The number of hydrogen-bond donors (Lipinski definition) is 2. The van der Waals surface area contributed by atoms with Gasteiger partial charge in [-0.1, -0.05) is 0 Å². The van der Waals surface area contributed by atoms with E-state index in [-0.39, 0.29) is 5.92 Å². The lowest BCUT2D eigenvalue weighted by atomic mass is 9.66. The van der Waals surface area contributed by atoms with E-state index in [0.29, 0.717) is 5.41 Å². The van der Waals surface area contributed by atoms with Gasteiger partial charge in [-0.25, -0.2) is 0 Å². The highest BCUT2D eigenvalue weighted by molar-refractivity contribution is 5.70. The van der Waals surface area contributed by atoms with Crippen molar-refractivity contribution in [1.82, 2.24) is 5.32 Å². The Bertz CT molecular complexity index is 211. The molecule has 2 N–H and O–H groups in total. The van der Waals surface area contributed by atoms with Crippen LogP contribution in [-0.2, 0) is 4.79 Å². The summed E-state index contributed by atoms with van der Waals surface area (Å²) in [5.41, 5.74) is 0.497. The molecule has 0 aromatic heterocycles. The summed E-state index contributed by atoms with van der Waals surface area (Å²) in [7, 11) is 0. The summed E-state index contributed by atoms with van der Waals surface area (Å²) in [6, 6.07) is 0. The van der Waals surface area contributed by atoms with E-state index < -0.39 is 5.97 Å². The number of carboxylic acid groups (broad SMARTS) is 1. The van der Waals surface area contributed by atoms with Crippen LogP contribution in [0.1, 0.15) is 38.5 Å². The molecule has 1 heterocycles. The number of rotatable bonds is 1. The topological polar surface area (TPSA) is 49.3 Å². The second-order valence-corrected chi connectivity index (χ2v) is 4.86. The monoisotopic (exact) mass is 197 g/mol. The summed E-state index contributed by atoms with van der Waals surface area (Å²) in [6.07, 6.45) is 6.56. The number of hydrogen-bond acceptors (Lipinski definition) is 2. The first-order valence-electron chi connectivity index (χ1n) is 5.65. The molecule has 1 aliphatic heterocycles. The van der Waals surface area contributed by atoms with Crippen molar-refractivity contribution < 1.29 is 9.90 Å². The summed E-state index contributed by atoms with van der Waals surface area (Å²) in [6.45, 7) is 2.25. The average molecular weight is 197 g/mol. The Balaban J connectivity index is 1.90. The van der Waals surface area contributed by atoms with Crippen molar-refractivity contribution in [2.75, 3.05) is 13.1 Å². The Hall–Kier alpha value is -0.570. The second-order valence-electron chi connectivity index (χ2n) is 4.86. The van der Waals surface area contributed by atoms with Gasteiger partial charge in [0, 0.05) is 0 Å². The molecule has 0 atom stereocenters. The van der Waals surface area contributed by atoms with Crippen LogP contribution in [0.5, 0.6) is 0 Å². The minimum Gasteiger partial charge on any atom is -0.481 e. The lowest BCUT2D eigenvalue weighted by Gasteiger charge is -2.42. The first-order chi connectivity index (χ1) is 6.72.